The lowest BCUT2D eigenvalue weighted by molar-refractivity contribution is -0.142. The second-order valence-corrected chi connectivity index (χ2v) is 3.05. The fraction of sp³-hybridized carbons (Fsp3) is 0.625. The van der Waals surface area contributed by atoms with Crippen LogP contribution in [0.2, 0.25) is 0 Å². The summed E-state index contributed by atoms with van der Waals surface area (Å²) < 4.78 is 0. The van der Waals surface area contributed by atoms with Gasteiger partial charge in [-0.25, -0.2) is 0 Å². The quantitative estimate of drug-likeness (QED) is 0.545. The van der Waals surface area contributed by atoms with Gasteiger partial charge < -0.3 is 10.8 Å². The molecule has 11 heavy (non-hydrogen) atoms. The maximum absolute atomic E-state index is 10.6. The molecular weight excluding hydrogens is 142 g/mol. The van der Waals surface area contributed by atoms with Crippen LogP contribution < -0.4 is 5.73 Å². The SMILES string of the molecule is C[C@H]1C=CC[C@@H](C(=O)O)[C@H]1N. The van der Waals surface area contributed by atoms with Crippen LogP contribution in [0.4, 0.5) is 0 Å². The Morgan fingerprint density at radius 1 is 1.73 bits per heavy atom. The van der Waals surface area contributed by atoms with Crippen LogP contribution in [0.5, 0.6) is 0 Å². The third kappa shape index (κ3) is 1.60. The van der Waals surface area contributed by atoms with E-state index in [9.17, 15) is 4.79 Å². The van der Waals surface area contributed by atoms with Crippen LogP contribution in [0.3, 0.4) is 0 Å². The largest absolute Gasteiger partial charge is 0.481 e. The molecule has 3 atom stereocenters. The third-order valence-corrected chi connectivity index (χ3v) is 2.22. The Kier molecular flexibility index (Phi) is 2.29. The molecule has 3 heteroatoms. The lowest BCUT2D eigenvalue weighted by atomic mass is 9.83. The van der Waals surface area contributed by atoms with Crippen LogP contribution in [0.15, 0.2) is 12.2 Å². The van der Waals surface area contributed by atoms with E-state index in [1.54, 1.807) is 0 Å². The van der Waals surface area contributed by atoms with Crippen molar-refractivity contribution in [2.45, 2.75) is 19.4 Å². The molecule has 1 aliphatic rings. The van der Waals surface area contributed by atoms with Gasteiger partial charge in [0.2, 0.25) is 0 Å². The molecule has 0 bridgehead atoms. The van der Waals surface area contributed by atoms with Gasteiger partial charge in [-0.05, 0) is 12.3 Å². The molecule has 0 fully saturated rings. The lowest BCUT2D eigenvalue weighted by Gasteiger charge is -2.26. The first-order valence-corrected chi connectivity index (χ1v) is 3.78. The van der Waals surface area contributed by atoms with Gasteiger partial charge in [-0.3, -0.25) is 4.79 Å². The van der Waals surface area contributed by atoms with Crippen molar-refractivity contribution >= 4 is 5.97 Å². The first-order chi connectivity index (χ1) is 5.13. The predicted molar refractivity (Wildman–Crippen MR) is 42.0 cm³/mol. The van der Waals surface area contributed by atoms with Crippen LogP contribution in [0.25, 0.3) is 0 Å². The fourth-order valence-electron chi connectivity index (χ4n) is 1.36. The van der Waals surface area contributed by atoms with Gasteiger partial charge in [0.25, 0.3) is 0 Å². The number of carboxylic acid groups (broad SMARTS) is 1. The highest BCUT2D eigenvalue weighted by atomic mass is 16.4. The molecule has 0 amide bonds. The van der Waals surface area contributed by atoms with E-state index in [1.807, 2.05) is 19.1 Å². The number of hydrogen-bond donors (Lipinski definition) is 2. The van der Waals surface area contributed by atoms with E-state index in [2.05, 4.69) is 0 Å². The molecule has 0 aromatic heterocycles. The summed E-state index contributed by atoms with van der Waals surface area (Å²) in [7, 11) is 0. The smallest absolute Gasteiger partial charge is 0.308 e. The summed E-state index contributed by atoms with van der Waals surface area (Å²) in [6, 6.07) is -0.225. The van der Waals surface area contributed by atoms with Gasteiger partial charge in [0.15, 0.2) is 0 Å². The number of carbonyl (C=O) groups is 1. The normalized spacial score (nSPS) is 37.1. The van der Waals surface area contributed by atoms with Crippen molar-refractivity contribution in [1.82, 2.24) is 0 Å². The summed E-state index contributed by atoms with van der Waals surface area (Å²) >= 11 is 0. The zero-order valence-electron chi connectivity index (χ0n) is 6.53. The average molecular weight is 155 g/mol. The van der Waals surface area contributed by atoms with Gasteiger partial charge in [-0.2, -0.15) is 0 Å². The summed E-state index contributed by atoms with van der Waals surface area (Å²) in [5, 5.41) is 8.71. The van der Waals surface area contributed by atoms with Crippen molar-refractivity contribution in [2.24, 2.45) is 17.6 Å². The van der Waals surface area contributed by atoms with E-state index in [0.29, 0.717) is 6.42 Å². The van der Waals surface area contributed by atoms with Crippen molar-refractivity contribution in [3.63, 3.8) is 0 Å². The van der Waals surface area contributed by atoms with Gasteiger partial charge in [0, 0.05) is 6.04 Å². The Balaban J connectivity index is 2.70. The Bertz CT molecular complexity index is 189. The Morgan fingerprint density at radius 2 is 2.36 bits per heavy atom. The van der Waals surface area contributed by atoms with Crippen molar-refractivity contribution < 1.29 is 9.90 Å². The standard InChI is InChI=1S/C8H13NO2/c1-5-3-2-4-6(7(5)9)8(10)11/h2-3,5-7H,4,9H2,1H3,(H,10,11)/t5-,6+,7-/m0/s1. The summed E-state index contributed by atoms with van der Waals surface area (Å²) in [4.78, 5) is 10.6. The third-order valence-electron chi connectivity index (χ3n) is 2.22. The number of hydrogen-bond acceptors (Lipinski definition) is 2. The molecule has 0 aromatic carbocycles. The monoisotopic (exact) mass is 155 g/mol. The maximum Gasteiger partial charge on any atom is 0.308 e. The molecule has 1 aliphatic carbocycles. The molecule has 3 N–H and O–H groups in total. The maximum atomic E-state index is 10.6. The zero-order valence-corrected chi connectivity index (χ0v) is 6.53. The number of nitrogens with two attached hydrogens (primary N) is 1. The Hall–Kier alpha value is -0.830. The zero-order chi connectivity index (χ0) is 8.43. The number of carboxylic acids is 1. The van der Waals surface area contributed by atoms with Crippen molar-refractivity contribution in [3.8, 4) is 0 Å². The van der Waals surface area contributed by atoms with E-state index in [0.717, 1.165) is 0 Å². The molecule has 62 valence electrons. The first kappa shape index (κ1) is 8.27. The van der Waals surface area contributed by atoms with Crippen LogP contribution in [0, 0.1) is 11.8 Å². The van der Waals surface area contributed by atoms with Gasteiger partial charge in [0.05, 0.1) is 5.92 Å². The minimum atomic E-state index is -0.784. The van der Waals surface area contributed by atoms with E-state index >= 15 is 0 Å². The molecule has 0 aliphatic heterocycles. The highest BCUT2D eigenvalue weighted by Crippen LogP contribution is 2.21. The van der Waals surface area contributed by atoms with E-state index in [4.69, 9.17) is 10.8 Å². The summed E-state index contributed by atoms with van der Waals surface area (Å²) in [6.07, 6.45) is 4.44. The average Bonchev–Trinajstić information content (AvgIpc) is 1.94. The fourth-order valence-corrected chi connectivity index (χ4v) is 1.36. The van der Waals surface area contributed by atoms with Crippen molar-refractivity contribution in [3.05, 3.63) is 12.2 Å². The van der Waals surface area contributed by atoms with Crippen molar-refractivity contribution in [1.29, 1.82) is 0 Å². The van der Waals surface area contributed by atoms with Gasteiger partial charge in [0.1, 0.15) is 0 Å². The summed E-state index contributed by atoms with van der Waals surface area (Å²) in [5.74, 6) is -0.992. The molecule has 3 nitrogen and oxygen atoms in total. The molecular formula is C8H13NO2. The Labute approximate surface area is 65.9 Å². The van der Waals surface area contributed by atoms with E-state index < -0.39 is 11.9 Å². The molecule has 0 spiro atoms. The first-order valence-electron chi connectivity index (χ1n) is 3.78. The lowest BCUT2D eigenvalue weighted by Crippen LogP contribution is -2.41. The van der Waals surface area contributed by atoms with Gasteiger partial charge in [-0.1, -0.05) is 19.1 Å². The van der Waals surface area contributed by atoms with Gasteiger partial charge in [-0.15, -0.1) is 0 Å². The molecule has 1 rings (SSSR count). The van der Waals surface area contributed by atoms with E-state index in [1.165, 1.54) is 0 Å². The van der Waals surface area contributed by atoms with Crippen LogP contribution >= 0.6 is 0 Å². The van der Waals surface area contributed by atoms with Crippen LogP contribution in [0.1, 0.15) is 13.3 Å². The molecule has 0 saturated heterocycles. The number of aliphatic carboxylic acids is 1. The highest BCUT2D eigenvalue weighted by molar-refractivity contribution is 5.71. The second-order valence-electron chi connectivity index (χ2n) is 3.05. The van der Waals surface area contributed by atoms with Crippen LogP contribution in [-0.2, 0) is 4.79 Å². The summed E-state index contributed by atoms with van der Waals surface area (Å²) in [5.41, 5.74) is 5.69. The molecule has 0 saturated carbocycles. The molecule has 0 unspecified atom stereocenters. The highest BCUT2D eigenvalue weighted by Gasteiger charge is 2.29. The summed E-state index contributed by atoms with van der Waals surface area (Å²) in [6.45, 7) is 1.94. The minimum Gasteiger partial charge on any atom is -0.481 e. The van der Waals surface area contributed by atoms with Gasteiger partial charge >= 0.3 is 5.97 Å². The number of allylic oxidation sites excluding steroid dienone is 1. The predicted octanol–water partition coefficient (Wildman–Crippen LogP) is 0.611. The topological polar surface area (TPSA) is 63.3 Å². The Morgan fingerprint density at radius 3 is 2.82 bits per heavy atom. The van der Waals surface area contributed by atoms with Crippen LogP contribution in [-0.4, -0.2) is 17.1 Å². The van der Waals surface area contributed by atoms with Crippen molar-refractivity contribution in [2.75, 3.05) is 0 Å². The second kappa shape index (κ2) is 3.05. The number of rotatable bonds is 1. The molecule has 0 aromatic rings. The van der Waals surface area contributed by atoms with E-state index in [-0.39, 0.29) is 12.0 Å². The molecule has 0 heterocycles. The minimum absolute atomic E-state index is 0.185. The molecule has 0 radical (unpaired) electrons.